The second kappa shape index (κ2) is 7.72. The lowest BCUT2D eigenvalue weighted by Gasteiger charge is -2.47. The first-order valence-electron chi connectivity index (χ1n) is 9.18. The number of aromatic nitrogens is 1. The maximum atomic E-state index is 12.6. The van der Waals surface area contributed by atoms with Gasteiger partial charge in [-0.05, 0) is 44.0 Å². The summed E-state index contributed by atoms with van der Waals surface area (Å²) in [6.45, 7) is 2.61. The molecule has 0 aromatic carbocycles. The molecule has 2 saturated heterocycles. The predicted molar refractivity (Wildman–Crippen MR) is 97.1 cm³/mol. The highest BCUT2D eigenvalue weighted by molar-refractivity contribution is 5.84. The van der Waals surface area contributed by atoms with Crippen molar-refractivity contribution < 1.29 is 14.7 Å². The van der Waals surface area contributed by atoms with Gasteiger partial charge in [-0.2, -0.15) is 0 Å². The number of pyridine rings is 1. The highest BCUT2D eigenvalue weighted by atomic mass is 16.3. The molecule has 2 amide bonds. The van der Waals surface area contributed by atoms with Crippen molar-refractivity contribution in [2.24, 2.45) is 5.41 Å². The van der Waals surface area contributed by atoms with Gasteiger partial charge in [-0.3, -0.25) is 19.5 Å². The number of likely N-dealkylation sites (tertiary alicyclic amines) is 2. The number of carbonyl (C=O) groups is 2. The summed E-state index contributed by atoms with van der Waals surface area (Å²) in [7, 11) is 3.68. The molecule has 3 rings (SSSR count). The molecule has 3 heterocycles. The zero-order valence-corrected chi connectivity index (χ0v) is 15.6. The number of aliphatic hydroxyl groups is 1. The summed E-state index contributed by atoms with van der Waals surface area (Å²) in [5, 5.41) is 10.1. The van der Waals surface area contributed by atoms with E-state index in [0.717, 1.165) is 5.56 Å². The van der Waals surface area contributed by atoms with Gasteiger partial charge in [0.2, 0.25) is 11.8 Å². The number of rotatable bonds is 4. The molecule has 0 radical (unpaired) electrons. The van der Waals surface area contributed by atoms with E-state index >= 15 is 0 Å². The van der Waals surface area contributed by atoms with Crippen molar-refractivity contribution in [2.75, 3.05) is 40.3 Å². The van der Waals surface area contributed by atoms with Gasteiger partial charge in [0, 0.05) is 45.6 Å². The van der Waals surface area contributed by atoms with Crippen LogP contribution in [0.2, 0.25) is 0 Å². The van der Waals surface area contributed by atoms with Gasteiger partial charge in [0.1, 0.15) is 0 Å². The molecule has 1 spiro atoms. The van der Waals surface area contributed by atoms with E-state index in [4.69, 9.17) is 0 Å². The first kappa shape index (κ1) is 18.8. The van der Waals surface area contributed by atoms with E-state index in [1.165, 1.54) is 0 Å². The zero-order chi connectivity index (χ0) is 18.7. The van der Waals surface area contributed by atoms with Crippen LogP contribution in [0.4, 0.5) is 0 Å². The number of carbonyl (C=O) groups excluding carboxylic acids is 2. The van der Waals surface area contributed by atoms with Crippen molar-refractivity contribution >= 4 is 11.8 Å². The van der Waals surface area contributed by atoms with Gasteiger partial charge >= 0.3 is 0 Å². The third kappa shape index (κ3) is 4.04. The van der Waals surface area contributed by atoms with E-state index in [1.54, 1.807) is 24.3 Å². The monoisotopic (exact) mass is 360 g/mol. The van der Waals surface area contributed by atoms with E-state index in [1.807, 2.05) is 29.0 Å². The van der Waals surface area contributed by atoms with Crippen LogP contribution in [0.25, 0.3) is 0 Å². The third-order valence-corrected chi connectivity index (χ3v) is 5.59. The first-order valence-corrected chi connectivity index (χ1v) is 9.18. The number of β-amino-alcohol motifs (C(OH)–C–C–N with tert-alkyl or cyclic N) is 1. The van der Waals surface area contributed by atoms with Crippen LogP contribution in [0, 0.1) is 5.41 Å². The average molecular weight is 360 g/mol. The number of aliphatic hydroxyl groups excluding tert-OH is 1. The van der Waals surface area contributed by atoms with Crippen LogP contribution >= 0.6 is 0 Å². The molecule has 1 atom stereocenters. The van der Waals surface area contributed by atoms with Crippen LogP contribution in [-0.2, 0) is 16.1 Å². The molecule has 1 N–H and O–H groups in total. The third-order valence-electron chi connectivity index (χ3n) is 5.59. The van der Waals surface area contributed by atoms with Gasteiger partial charge in [-0.25, -0.2) is 0 Å². The standard InChI is InChI=1S/C19H28N4O3/c1-21(12-15-3-7-20-8-4-15)14-17(25)23-9-5-19(6-10-23)11-16(24)13-22(2)18(19)26/h3-4,7-8,16,24H,5-6,9-14H2,1-2H3. The van der Waals surface area contributed by atoms with E-state index < -0.39 is 11.5 Å². The van der Waals surface area contributed by atoms with Gasteiger partial charge in [-0.1, -0.05) is 0 Å². The SMILES string of the molecule is CN(CC(=O)N1CCC2(CC1)CC(O)CN(C)C2=O)Cc1ccncc1. The van der Waals surface area contributed by atoms with Crippen LogP contribution in [0.1, 0.15) is 24.8 Å². The molecule has 7 heteroatoms. The summed E-state index contributed by atoms with van der Waals surface area (Å²) in [6.07, 6.45) is 4.82. The molecule has 0 aliphatic carbocycles. The summed E-state index contributed by atoms with van der Waals surface area (Å²) in [5.41, 5.74) is 0.629. The van der Waals surface area contributed by atoms with Gasteiger partial charge < -0.3 is 14.9 Å². The van der Waals surface area contributed by atoms with Crippen molar-refractivity contribution in [3.8, 4) is 0 Å². The zero-order valence-electron chi connectivity index (χ0n) is 15.6. The van der Waals surface area contributed by atoms with Crippen LogP contribution in [0.3, 0.4) is 0 Å². The molecule has 0 bridgehead atoms. The lowest BCUT2D eigenvalue weighted by atomic mass is 9.71. The van der Waals surface area contributed by atoms with E-state index in [0.29, 0.717) is 52.0 Å². The van der Waals surface area contributed by atoms with Gasteiger partial charge in [-0.15, -0.1) is 0 Å². The molecule has 1 unspecified atom stereocenters. The van der Waals surface area contributed by atoms with E-state index in [9.17, 15) is 14.7 Å². The minimum Gasteiger partial charge on any atom is -0.391 e. The smallest absolute Gasteiger partial charge is 0.236 e. The topological polar surface area (TPSA) is 77.0 Å². The summed E-state index contributed by atoms with van der Waals surface area (Å²) >= 11 is 0. The Labute approximate surface area is 154 Å². The largest absolute Gasteiger partial charge is 0.391 e. The first-order chi connectivity index (χ1) is 12.4. The maximum Gasteiger partial charge on any atom is 0.236 e. The van der Waals surface area contributed by atoms with Crippen LogP contribution in [-0.4, -0.2) is 83.0 Å². The normalized spacial score (nSPS) is 22.9. The van der Waals surface area contributed by atoms with Crippen LogP contribution in [0.15, 0.2) is 24.5 Å². The molecule has 2 aliphatic rings. The number of amides is 2. The molecule has 0 saturated carbocycles. The van der Waals surface area contributed by atoms with Gasteiger partial charge in [0.15, 0.2) is 0 Å². The van der Waals surface area contributed by atoms with Gasteiger partial charge in [0.05, 0.1) is 18.1 Å². The summed E-state index contributed by atoms with van der Waals surface area (Å²) in [4.78, 5) is 34.7. The highest BCUT2D eigenvalue weighted by Crippen LogP contribution is 2.40. The summed E-state index contributed by atoms with van der Waals surface area (Å²) in [6, 6.07) is 3.89. The Balaban J connectivity index is 1.52. The number of piperidine rings is 2. The molecule has 26 heavy (non-hydrogen) atoms. The second-order valence-electron chi connectivity index (χ2n) is 7.73. The van der Waals surface area contributed by atoms with E-state index in [2.05, 4.69) is 4.98 Å². The number of nitrogens with zero attached hydrogens (tertiary/aromatic N) is 4. The minimum atomic E-state index is -0.494. The molecule has 2 aliphatic heterocycles. The Kier molecular flexibility index (Phi) is 5.58. The van der Waals surface area contributed by atoms with Crippen molar-refractivity contribution in [2.45, 2.75) is 31.9 Å². The summed E-state index contributed by atoms with van der Waals surface area (Å²) in [5.74, 6) is 0.207. The molecule has 1 aromatic rings. The van der Waals surface area contributed by atoms with Crippen molar-refractivity contribution in [3.05, 3.63) is 30.1 Å². The Bertz CT molecular complexity index is 643. The number of hydrogen-bond donors (Lipinski definition) is 1. The average Bonchev–Trinajstić information content (AvgIpc) is 2.61. The Morgan fingerprint density at radius 1 is 1.35 bits per heavy atom. The van der Waals surface area contributed by atoms with E-state index in [-0.39, 0.29) is 11.8 Å². The fourth-order valence-corrected chi connectivity index (χ4v) is 4.20. The molecular formula is C19H28N4O3. The Hall–Kier alpha value is -1.99. The van der Waals surface area contributed by atoms with Crippen molar-refractivity contribution in [3.63, 3.8) is 0 Å². The number of likely N-dealkylation sites (N-methyl/N-ethyl adjacent to an activating group) is 2. The Morgan fingerprint density at radius 3 is 2.65 bits per heavy atom. The maximum absolute atomic E-state index is 12.6. The highest BCUT2D eigenvalue weighted by Gasteiger charge is 2.47. The van der Waals surface area contributed by atoms with Gasteiger partial charge in [0.25, 0.3) is 0 Å². The molecule has 7 nitrogen and oxygen atoms in total. The lowest BCUT2D eigenvalue weighted by Crippen LogP contribution is -2.57. The Morgan fingerprint density at radius 2 is 2.00 bits per heavy atom. The fraction of sp³-hybridized carbons (Fsp3) is 0.632. The summed E-state index contributed by atoms with van der Waals surface area (Å²) < 4.78 is 0. The fourth-order valence-electron chi connectivity index (χ4n) is 4.20. The predicted octanol–water partition coefficient (Wildman–Crippen LogP) is 0.345. The van der Waals surface area contributed by atoms with Crippen LogP contribution < -0.4 is 0 Å². The molecule has 2 fully saturated rings. The molecule has 1 aromatic heterocycles. The number of hydrogen-bond acceptors (Lipinski definition) is 5. The lowest BCUT2D eigenvalue weighted by molar-refractivity contribution is -0.157. The van der Waals surface area contributed by atoms with Crippen LogP contribution in [0.5, 0.6) is 0 Å². The van der Waals surface area contributed by atoms with Crippen molar-refractivity contribution in [1.29, 1.82) is 0 Å². The quantitative estimate of drug-likeness (QED) is 0.838. The van der Waals surface area contributed by atoms with Crippen molar-refractivity contribution in [1.82, 2.24) is 19.7 Å². The minimum absolute atomic E-state index is 0.0913. The molecule has 142 valence electrons. The second-order valence-corrected chi connectivity index (χ2v) is 7.73. The molecular weight excluding hydrogens is 332 g/mol.